The molecule has 0 aliphatic rings. The van der Waals surface area contributed by atoms with Crippen LogP contribution in [0.4, 0.5) is 0 Å². The van der Waals surface area contributed by atoms with Crippen molar-refractivity contribution >= 4 is 35.2 Å². The fraction of sp³-hybridized carbons (Fsp3) is 0.283. The number of benzene rings is 3. The first-order valence-electron chi connectivity index (χ1n) is 18.2. The third kappa shape index (κ3) is 8.69. The van der Waals surface area contributed by atoms with Crippen LogP contribution in [-0.4, -0.2) is 23.0 Å². The second-order valence-corrected chi connectivity index (χ2v) is 19.9. The predicted molar refractivity (Wildman–Crippen MR) is 217 cm³/mol. The van der Waals surface area contributed by atoms with Crippen LogP contribution in [0, 0.1) is 26.0 Å². The minimum Gasteiger partial charge on any atom is -0.500 e. The zero-order chi connectivity index (χ0) is 36.3. The van der Waals surface area contributed by atoms with Gasteiger partial charge in [-0.1, -0.05) is 82.0 Å². The summed E-state index contributed by atoms with van der Waals surface area (Å²) in [5.74, 6) is 1.09. The average Bonchev–Trinajstić information content (AvgIpc) is 3.49. The number of fused-ring (bicyclic) bond motifs is 3. The predicted octanol–water partition coefficient (Wildman–Crippen LogP) is 12.2. The van der Waals surface area contributed by atoms with Crippen LogP contribution in [0.3, 0.4) is 0 Å². The second-order valence-electron chi connectivity index (χ2n) is 14.9. The molecule has 52 heavy (non-hydrogen) atoms. The SMILES string of the molecule is CC(C)c1cc(-c2[c-]cccc2)ncc1[Si](C)(C)C.CCC(CC)c1ccnc(-c2[c-]cc3oc4ccc(-c5cc(C)nc(C)c5)cc4c3c2)c1.[Ir]. The van der Waals surface area contributed by atoms with Crippen LogP contribution in [0.2, 0.25) is 19.6 Å². The molecule has 6 heteroatoms. The molecule has 3 aromatic carbocycles. The van der Waals surface area contributed by atoms with Gasteiger partial charge in [0.05, 0.1) is 13.7 Å². The van der Waals surface area contributed by atoms with E-state index in [-0.39, 0.29) is 20.1 Å². The van der Waals surface area contributed by atoms with Crippen LogP contribution in [0.5, 0.6) is 0 Å². The minimum atomic E-state index is -1.34. The van der Waals surface area contributed by atoms with Crippen molar-refractivity contribution in [1.82, 2.24) is 15.0 Å². The Morgan fingerprint density at radius 1 is 0.731 bits per heavy atom. The molecule has 0 fully saturated rings. The summed E-state index contributed by atoms with van der Waals surface area (Å²) in [5, 5.41) is 3.67. The molecule has 0 aliphatic carbocycles. The number of aryl methyl sites for hydroxylation is 2. The van der Waals surface area contributed by atoms with Crippen molar-refractivity contribution in [2.45, 2.75) is 85.9 Å². The van der Waals surface area contributed by atoms with E-state index in [4.69, 9.17) is 4.42 Å². The van der Waals surface area contributed by atoms with E-state index < -0.39 is 8.07 Å². The van der Waals surface area contributed by atoms with Crippen molar-refractivity contribution in [3.05, 3.63) is 132 Å². The van der Waals surface area contributed by atoms with Gasteiger partial charge >= 0.3 is 0 Å². The normalized spacial score (nSPS) is 11.5. The molecule has 7 aromatic rings. The third-order valence-electron chi connectivity index (χ3n) is 9.69. The van der Waals surface area contributed by atoms with Gasteiger partial charge in [-0.15, -0.1) is 59.7 Å². The Labute approximate surface area is 324 Å². The summed E-state index contributed by atoms with van der Waals surface area (Å²) in [6, 6.07) is 36.0. The van der Waals surface area contributed by atoms with Crippen molar-refractivity contribution in [2.75, 3.05) is 0 Å². The molecule has 4 aromatic heterocycles. The maximum atomic E-state index is 6.11. The summed E-state index contributed by atoms with van der Waals surface area (Å²) < 4.78 is 6.11. The van der Waals surface area contributed by atoms with Crippen molar-refractivity contribution in [3.8, 4) is 33.6 Å². The van der Waals surface area contributed by atoms with Gasteiger partial charge in [-0.3, -0.25) is 4.98 Å². The topological polar surface area (TPSA) is 51.8 Å². The molecule has 0 spiro atoms. The van der Waals surface area contributed by atoms with Gasteiger partial charge in [-0.25, -0.2) is 0 Å². The zero-order valence-electron chi connectivity index (χ0n) is 31.9. The molecule has 0 aliphatic heterocycles. The van der Waals surface area contributed by atoms with Crippen LogP contribution in [-0.2, 0) is 20.1 Å². The molecular weight excluding hydrogens is 831 g/mol. The first kappa shape index (κ1) is 39.0. The van der Waals surface area contributed by atoms with Gasteiger partial charge in [-0.05, 0) is 96.6 Å². The molecule has 1 radical (unpaired) electrons. The number of furan rings is 1. The van der Waals surface area contributed by atoms with Crippen molar-refractivity contribution < 1.29 is 24.5 Å². The minimum absolute atomic E-state index is 0. The Balaban J connectivity index is 0.000000225. The number of pyridine rings is 3. The van der Waals surface area contributed by atoms with Gasteiger partial charge in [-0.2, -0.15) is 0 Å². The molecule has 0 atom stereocenters. The van der Waals surface area contributed by atoms with E-state index in [9.17, 15) is 0 Å². The van der Waals surface area contributed by atoms with Gasteiger partial charge in [0.15, 0.2) is 0 Å². The van der Waals surface area contributed by atoms with Crippen LogP contribution < -0.4 is 5.19 Å². The van der Waals surface area contributed by atoms with Crippen LogP contribution >= 0.6 is 0 Å². The summed E-state index contributed by atoms with van der Waals surface area (Å²) in [5.41, 5.74) is 13.0. The number of nitrogens with zero attached hydrogens (tertiary/aromatic N) is 3. The second kappa shape index (κ2) is 16.6. The molecule has 0 amide bonds. The fourth-order valence-electron chi connectivity index (χ4n) is 6.93. The quantitative estimate of drug-likeness (QED) is 0.113. The van der Waals surface area contributed by atoms with Gasteiger partial charge in [0.1, 0.15) is 5.58 Å². The molecule has 4 nitrogen and oxygen atoms in total. The first-order chi connectivity index (χ1) is 24.4. The average molecular weight is 880 g/mol. The Hall–Kier alpha value is -4.22. The summed E-state index contributed by atoms with van der Waals surface area (Å²) in [7, 11) is -1.34. The standard InChI is InChI=1S/C29H27N2O.C17H22NSi.Ir/c1-5-20(6-2)22-11-12-30-27(17-22)23-8-10-29-26(16-23)25-15-21(7-9-28(25)32-29)24-13-18(3)31-19(4)14-24;1-13(2)15-11-16(14-9-7-6-8-10-14)18-12-17(15)19(3,4)5;/h7,9-17,20H,5-6H2,1-4H3;6-9,11-13H,1-5H3;/q2*-1;. The summed E-state index contributed by atoms with van der Waals surface area (Å²) in [6.07, 6.45) is 6.27. The maximum Gasteiger partial charge on any atom is 0.121 e. The molecular formula is C46H49IrN3OSi-2. The van der Waals surface area contributed by atoms with Crippen molar-refractivity contribution in [2.24, 2.45) is 0 Å². The van der Waals surface area contributed by atoms with Crippen LogP contribution in [0.15, 0.2) is 102 Å². The smallest absolute Gasteiger partial charge is 0.121 e. The molecule has 7 rings (SSSR count). The van der Waals surface area contributed by atoms with Crippen LogP contribution in [0.1, 0.15) is 74.9 Å². The number of aromatic nitrogens is 3. The van der Waals surface area contributed by atoms with Crippen molar-refractivity contribution in [1.29, 1.82) is 0 Å². The summed E-state index contributed by atoms with van der Waals surface area (Å²) in [6.45, 7) is 20.2. The number of hydrogen-bond donors (Lipinski definition) is 0. The van der Waals surface area contributed by atoms with Crippen molar-refractivity contribution in [3.63, 3.8) is 0 Å². The summed E-state index contributed by atoms with van der Waals surface area (Å²) >= 11 is 0. The van der Waals surface area contributed by atoms with Gasteiger partial charge in [0.2, 0.25) is 0 Å². The molecule has 269 valence electrons. The fourth-order valence-corrected chi connectivity index (χ4v) is 8.61. The van der Waals surface area contributed by atoms with Gasteiger partial charge in [0.25, 0.3) is 0 Å². The first-order valence-corrected chi connectivity index (χ1v) is 21.7. The number of rotatable bonds is 8. The van der Waals surface area contributed by atoms with E-state index in [1.165, 1.54) is 21.9 Å². The summed E-state index contributed by atoms with van der Waals surface area (Å²) in [4.78, 5) is 13.8. The molecule has 0 saturated carbocycles. The Kier molecular flexibility index (Phi) is 12.5. The van der Waals surface area contributed by atoms with E-state index in [1.807, 2.05) is 44.3 Å². The molecule has 0 saturated heterocycles. The zero-order valence-corrected chi connectivity index (χ0v) is 35.3. The van der Waals surface area contributed by atoms with E-state index in [2.05, 4.69) is 141 Å². The molecule has 0 bridgehead atoms. The molecule has 0 unspecified atom stereocenters. The largest absolute Gasteiger partial charge is 0.500 e. The van der Waals surface area contributed by atoms with Crippen LogP contribution in [0.25, 0.3) is 55.6 Å². The van der Waals surface area contributed by atoms with Gasteiger partial charge < -0.3 is 14.4 Å². The van der Waals surface area contributed by atoms with E-state index in [1.54, 1.807) is 0 Å². The van der Waals surface area contributed by atoms with E-state index in [0.717, 1.165) is 74.2 Å². The third-order valence-corrected chi connectivity index (χ3v) is 11.7. The molecule has 4 heterocycles. The van der Waals surface area contributed by atoms with E-state index >= 15 is 0 Å². The molecule has 0 N–H and O–H groups in total. The maximum absolute atomic E-state index is 6.11. The Bertz CT molecular complexity index is 2260. The number of hydrogen-bond acceptors (Lipinski definition) is 4. The monoisotopic (exact) mass is 880 g/mol. The van der Waals surface area contributed by atoms with E-state index in [0.29, 0.717) is 11.8 Å². The Morgan fingerprint density at radius 2 is 1.44 bits per heavy atom. The Morgan fingerprint density at radius 3 is 2.10 bits per heavy atom. The van der Waals surface area contributed by atoms with Gasteiger partial charge in [0, 0.05) is 49.3 Å².